The van der Waals surface area contributed by atoms with Crippen LogP contribution in [0.4, 0.5) is 0 Å². The molecule has 0 spiro atoms. The molecule has 2 heterocycles. The first-order valence-electron chi connectivity index (χ1n) is 12.0. The minimum Gasteiger partial charge on any atom is -0.480 e. The molecule has 0 bridgehead atoms. The van der Waals surface area contributed by atoms with E-state index >= 15 is 0 Å². The molecule has 3 rings (SSSR count). The number of para-hydroxylation sites is 1. The van der Waals surface area contributed by atoms with Crippen LogP contribution in [0.3, 0.4) is 0 Å². The summed E-state index contributed by atoms with van der Waals surface area (Å²) in [6.07, 6.45) is 2.34. The van der Waals surface area contributed by atoms with Crippen molar-refractivity contribution in [3.8, 4) is 0 Å². The summed E-state index contributed by atoms with van der Waals surface area (Å²) in [4.78, 5) is 65.7. The lowest BCUT2D eigenvalue weighted by Gasteiger charge is -2.28. The number of likely N-dealkylation sites (tertiary alicyclic amines) is 1. The molecule has 9 N–H and O–H groups in total. The zero-order valence-corrected chi connectivity index (χ0v) is 20.2. The largest absolute Gasteiger partial charge is 0.480 e. The monoisotopic (exact) mass is 516 g/mol. The van der Waals surface area contributed by atoms with Crippen LogP contribution in [0, 0.1) is 0 Å². The normalized spacial score (nSPS) is 17.7. The van der Waals surface area contributed by atoms with Gasteiger partial charge in [-0.25, -0.2) is 4.79 Å². The third-order valence-electron chi connectivity index (χ3n) is 6.39. The van der Waals surface area contributed by atoms with Gasteiger partial charge in [-0.1, -0.05) is 18.2 Å². The summed E-state index contributed by atoms with van der Waals surface area (Å²) < 4.78 is 0. The SMILES string of the molecule is NC(=O)CCC(N)C(=O)NC(Cc1c[nH]c2ccccc12)C(=O)NC(CO)C(=O)N1CCCC1C(=O)O. The number of benzene rings is 1. The highest BCUT2D eigenvalue weighted by Gasteiger charge is 2.38. The lowest BCUT2D eigenvalue weighted by Crippen LogP contribution is -2.58. The molecule has 4 atom stereocenters. The van der Waals surface area contributed by atoms with Crippen LogP contribution in [-0.2, 0) is 30.4 Å². The van der Waals surface area contributed by atoms with Gasteiger partial charge in [0, 0.05) is 36.5 Å². The maximum absolute atomic E-state index is 13.3. The Balaban J connectivity index is 1.79. The van der Waals surface area contributed by atoms with Crippen molar-refractivity contribution in [2.45, 2.75) is 56.3 Å². The average Bonchev–Trinajstić information content (AvgIpc) is 3.52. The van der Waals surface area contributed by atoms with Gasteiger partial charge >= 0.3 is 5.97 Å². The number of fused-ring (bicyclic) bond motifs is 1. The summed E-state index contributed by atoms with van der Waals surface area (Å²) in [6, 6.07) is 2.61. The molecule has 200 valence electrons. The number of rotatable bonds is 12. The minimum absolute atomic E-state index is 0.0219. The third kappa shape index (κ3) is 6.83. The molecule has 1 aliphatic heterocycles. The van der Waals surface area contributed by atoms with Gasteiger partial charge in [0.1, 0.15) is 18.1 Å². The molecule has 1 saturated heterocycles. The number of amides is 4. The van der Waals surface area contributed by atoms with Crippen molar-refractivity contribution >= 4 is 40.5 Å². The van der Waals surface area contributed by atoms with Crippen molar-refractivity contribution in [3.63, 3.8) is 0 Å². The van der Waals surface area contributed by atoms with Crippen LogP contribution in [0.15, 0.2) is 30.5 Å². The van der Waals surface area contributed by atoms with Gasteiger partial charge in [-0.05, 0) is 30.9 Å². The lowest BCUT2D eigenvalue weighted by atomic mass is 10.0. The van der Waals surface area contributed by atoms with Gasteiger partial charge in [-0.3, -0.25) is 19.2 Å². The highest BCUT2D eigenvalue weighted by molar-refractivity contribution is 5.95. The van der Waals surface area contributed by atoms with Crippen LogP contribution in [-0.4, -0.2) is 87.0 Å². The van der Waals surface area contributed by atoms with Crippen LogP contribution >= 0.6 is 0 Å². The Bertz CT molecular complexity index is 1170. The second-order valence-electron chi connectivity index (χ2n) is 9.01. The number of aliphatic hydroxyl groups is 1. The van der Waals surface area contributed by atoms with E-state index in [1.54, 1.807) is 6.20 Å². The molecule has 1 aromatic heterocycles. The number of carbonyl (C=O) groups excluding carboxylic acids is 4. The van der Waals surface area contributed by atoms with Crippen molar-refractivity contribution in [1.82, 2.24) is 20.5 Å². The Kier molecular flexibility index (Phi) is 9.20. The van der Waals surface area contributed by atoms with E-state index in [1.165, 1.54) is 0 Å². The predicted octanol–water partition coefficient (Wildman–Crippen LogP) is -1.66. The first-order valence-corrected chi connectivity index (χ1v) is 12.0. The second kappa shape index (κ2) is 12.3. The van der Waals surface area contributed by atoms with Gasteiger partial charge in [-0.2, -0.15) is 0 Å². The van der Waals surface area contributed by atoms with Crippen molar-refractivity contribution in [3.05, 3.63) is 36.0 Å². The molecule has 2 aromatic rings. The molecule has 0 aliphatic carbocycles. The van der Waals surface area contributed by atoms with Gasteiger partial charge in [0.15, 0.2) is 0 Å². The number of aromatic amines is 1. The van der Waals surface area contributed by atoms with E-state index in [-0.39, 0.29) is 32.2 Å². The predicted molar refractivity (Wildman–Crippen MR) is 132 cm³/mol. The summed E-state index contributed by atoms with van der Waals surface area (Å²) in [6.45, 7) is -0.578. The molecule has 1 fully saturated rings. The number of hydrogen-bond acceptors (Lipinski definition) is 7. The van der Waals surface area contributed by atoms with Crippen LogP contribution in [0.25, 0.3) is 10.9 Å². The number of carboxylic acids is 1. The Morgan fingerprint density at radius 3 is 2.49 bits per heavy atom. The smallest absolute Gasteiger partial charge is 0.326 e. The van der Waals surface area contributed by atoms with Gasteiger partial charge < -0.3 is 42.2 Å². The van der Waals surface area contributed by atoms with Gasteiger partial charge in [0.25, 0.3) is 0 Å². The number of carboxylic acid groups (broad SMARTS) is 1. The van der Waals surface area contributed by atoms with E-state index in [2.05, 4.69) is 15.6 Å². The van der Waals surface area contributed by atoms with E-state index in [4.69, 9.17) is 11.5 Å². The fourth-order valence-corrected chi connectivity index (χ4v) is 4.38. The van der Waals surface area contributed by atoms with E-state index in [1.807, 2.05) is 24.3 Å². The molecule has 13 heteroatoms. The Morgan fingerprint density at radius 2 is 1.81 bits per heavy atom. The van der Waals surface area contributed by atoms with Crippen molar-refractivity contribution in [1.29, 1.82) is 0 Å². The number of nitrogens with one attached hydrogen (secondary N) is 3. The zero-order valence-electron chi connectivity index (χ0n) is 20.2. The van der Waals surface area contributed by atoms with E-state index in [9.17, 15) is 34.2 Å². The minimum atomic E-state index is -1.40. The molecule has 37 heavy (non-hydrogen) atoms. The van der Waals surface area contributed by atoms with Crippen LogP contribution < -0.4 is 22.1 Å². The van der Waals surface area contributed by atoms with Crippen LogP contribution in [0.5, 0.6) is 0 Å². The molecule has 1 aromatic carbocycles. The Morgan fingerprint density at radius 1 is 1.11 bits per heavy atom. The Hall–Kier alpha value is -3.97. The molecule has 0 radical (unpaired) electrons. The number of aliphatic hydroxyl groups excluding tert-OH is 1. The molecular formula is C24H32N6O7. The summed E-state index contributed by atoms with van der Waals surface area (Å²) in [5, 5.41) is 25.1. The molecule has 0 saturated carbocycles. The number of carbonyl (C=O) groups is 5. The standard InChI is InChI=1S/C24H32N6O7/c25-15(7-8-20(26)32)21(33)28-17(10-13-11-27-16-5-2-1-4-14(13)16)22(34)29-18(12-31)23(35)30-9-3-6-19(30)24(36)37/h1-2,4-5,11,15,17-19,27,31H,3,6-10,12,25H2,(H2,26,32)(H,28,33)(H,29,34)(H,36,37). The van der Waals surface area contributed by atoms with Crippen molar-refractivity contribution in [2.24, 2.45) is 11.5 Å². The fourth-order valence-electron chi connectivity index (χ4n) is 4.38. The highest BCUT2D eigenvalue weighted by Crippen LogP contribution is 2.20. The van der Waals surface area contributed by atoms with E-state index in [0.29, 0.717) is 12.0 Å². The number of hydrogen-bond donors (Lipinski definition) is 7. The molecule has 1 aliphatic rings. The highest BCUT2D eigenvalue weighted by atomic mass is 16.4. The van der Waals surface area contributed by atoms with Crippen molar-refractivity contribution in [2.75, 3.05) is 13.2 Å². The van der Waals surface area contributed by atoms with Crippen molar-refractivity contribution < 1.29 is 34.2 Å². The first kappa shape index (κ1) is 27.6. The maximum Gasteiger partial charge on any atom is 0.326 e. The summed E-state index contributed by atoms with van der Waals surface area (Å²) >= 11 is 0. The topological polar surface area (TPSA) is 221 Å². The lowest BCUT2D eigenvalue weighted by molar-refractivity contribution is -0.150. The first-order chi connectivity index (χ1) is 17.6. The van der Waals surface area contributed by atoms with Gasteiger partial charge in [-0.15, -0.1) is 0 Å². The maximum atomic E-state index is 13.3. The number of H-pyrrole nitrogens is 1. The number of aliphatic carboxylic acids is 1. The Labute approximate surface area is 212 Å². The van der Waals surface area contributed by atoms with E-state index in [0.717, 1.165) is 15.8 Å². The molecule has 4 amide bonds. The molecule has 13 nitrogen and oxygen atoms in total. The number of nitrogens with two attached hydrogens (primary N) is 2. The quantitative estimate of drug-likeness (QED) is 0.173. The van der Waals surface area contributed by atoms with Crippen LogP contribution in [0.2, 0.25) is 0 Å². The second-order valence-corrected chi connectivity index (χ2v) is 9.01. The molecular weight excluding hydrogens is 484 g/mol. The number of primary amides is 1. The van der Waals surface area contributed by atoms with Gasteiger partial charge in [0.05, 0.1) is 12.6 Å². The number of nitrogens with zero attached hydrogens (tertiary/aromatic N) is 1. The van der Waals surface area contributed by atoms with Crippen LogP contribution in [0.1, 0.15) is 31.2 Å². The molecule has 4 unspecified atom stereocenters. The summed E-state index contributed by atoms with van der Waals surface area (Å²) in [7, 11) is 0. The third-order valence-corrected chi connectivity index (χ3v) is 6.39. The average molecular weight is 517 g/mol. The fraction of sp³-hybridized carbons (Fsp3) is 0.458. The zero-order chi connectivity index (χ0) is 27.1. The van der Waals surface area contributed by atoms with Gasteiger partial charge in [0.2, 0.25) is 23.6 Å². The summed E-state index contributed by atoms with van der Waals surface area (Å²) in [5.41, 5.74) is 12.5. The number of aromatic nitrogens is 1. The van der Waals surface area contributed by atoms with E-state index < -0.39 is 60.4 Å². The summed E-state index contributed by atoms with van der Waals surface area (Å²) in [5.74, 6) is -3.97.